The Hall–Kier alpha value is -4.03. The van der Waals surface area contributed by atoms with Crippen molar-refractivity contribution in [2.24, 2.45) is 0 Å². The van der Waals surface area contributed by atoms with E-state index < -0.39 is 39.2 Å². The lowest BCUT2D eigenvalue weighted by Gasteiger charge is -2.13. The highest BCUT2D eigenvalue weighted by Gasteiger charge is 2.35. The molecule has 0 radical (unpaired) electrons. The van der Waals surface area contributed by atoms with Gasteiger partial charge in [0.25, 0.3) is 11.1 Å². The van der Waals surface area contributed by atoms with E-state index in [0.29, 0.717) is 22.7 Å². The van der Waals surface area contributed by atoms with E-state index in [0.717, 1.165) is 28.3 Å². The van der Waals surface area contributed by atoms with E-state index in [9.17, 15) is 32.9 Å². The van der Waals surface area contributed by atoms with Crippen LogP contribution in [0, 0.1) is 10.1 Å². The molecular weight excluding hydrogens is 549 g/mol. The van der Waals surface area contributed by atoms with Crippen LogP contribution in [0.1, 0.15) is 16.7 Å². The number of methoxy groups -OCH3 is 1. The summed E-state index contributed by atoms with van der Waals surface area (Å²) in [4.78, 5) is 36.9. The second-order valence-corrected chi connectivity index (χ2v) is 9.27. The van der Waals surface area contributed by atoms with Gasteiger partial charge < -0.3 is 9.47 Å². The van der Waals surface area contributed by atoms with Gasteiger partial charge in [0.2, 0.25) is 5.75 Å². The molecule has 4 rings (SSSR count). The predicted molar refractivity (Wildman–Crippen MR) is 134 cm³/mol. The van der Waals surface area contributed by atoms with Gasteiger partial charge in [-0.25, -0.2) is 0 Å². The molecule has 0 saturated carbocycles. The molecule has 0 aliphatic carbocycles. The monoisotopic (exact) mass is 564 g/mol. The number of hydrogen-bond donors (Lipinski definition) is 0. The maximum atomic E-state index is 13.0. The summed E-state index contributed by atoms with van der Waals surface area (Å²) in [6.07, 6.45) is -3.29. The number of alkyl halides is 3. The van der Waals surface area contributed by atoms with E-state index in [4.69, 9.17) is 21.1 Å². The highest BCUT2D eigenvalue weighted by molar-refractivity contribution is 8.18. The van der Waals surface area contributed by atoms with Crippen LogP contribution in [-0.4, -0.2) is 28.1 Å². The Morgan fingerprint density at radius 1 is 1.03 bits per heavy atom. The lowest BCUT2D eigenvalue weighted by molar-refractivity contribution is -0.385. The molecule has 3 aromatic carbocycles. The topological polar surface area (TPSA) is 99.0 Å². The molecule has 8 nitrogen and oxygen atoms in total. The fourth-order valence-electron chi connectivity index (χ4n) is 3.46. The molecule has 0 spiro atoms. The van der Waals surface area contributed by atoms with Gasteiger partial charge in [-0.2, -0.15) is 13.2 Å². The minimum Gasteiger partial charge on any atom is -0.493 e. The van der Waals surface area contributed by atoms with Crippen LogP contribution < -0.4 is 9.47 Å². The molecule has 1 fully saturated rings. The number of hydrogen-bond acceptors (Lipinski definition) is 7. The van der Waals surface area contributed by atoms with Crippen molar-refractivity contribution < 1.29 is 37.2 Å². The maximum absolute atomic E-state index is 13.0. The first-order valence-corrected chi connectivity index (χ1v) is 11.9. The zero-order valence-electron chi connectivity index (χ0n) is 19.3. The molecule has 2 amide bonds. The van der Waals surface area contributed by atoms with E-state index in [1.807, 2.05) is 0 Å². The Morgan fingerprint density at radius 2 is 1.71 bits per heavy atom. The first-order valence-electron chi connectivity index (χ1n) is 10.7. The van der Waals surface area contributed by atoms with E-state index in [2.05, 4.69) is 0 Å². The quantitative estimate of drug-likeness (QED) is 0.169. The second-order valence-electron chi connectivity index (χ2n) is 7.84. The first-order chi connectivity index (χ1) is 18.0. The molecule has 196 valence electrons. The molecule has 0 unspecified atom stereocenters. The molecule has 0 N–H and O–H groups in total. The Balaban J connectivity index is 1.57. The van der Waals surface area contributed by atoms with Crippen LogP contribution in [0.2, 0.25) is 5.02 Å². The number of nitro benzene ring substituents is 1. The van der Waals surface area contributed by atoms with Gasteiger partial charge in [-0.3, -0.25) is 24.6 Å². The minimum absolute atomic E-state index is 0.0108. The standard InChI is InChI=1S/C25H16ClF3N2O6S/c1-36-21-10-15(11-22-23(32)30(24(33)38-22)13-14-2-6-17(26)7-3-14)4-8-20(21)37-19-9-5-16(25(27,28)29)12-18(19)31(34)35/h2-12H,13H2,1H3/b22-11-. The summed E-state index contributed by atoms with van der Waals surface area (Å²) >= 11 is 6.63. The third-order valence-corrected chi connectivity index (χ3v) is 6.48. The number of amides is 2. The number of benzene rings is 3. The molecule has 1 heterocycles. The largest absolute Gasteiger partial charge is 0.493 e. The van der Waals surface area contributed by atoms with Gasteiger partial charge in [0.05, 0.1) is 29.0 Å². The predicted octanol–water partition coefficient (Wildman–Crippen LogP) is 7.30. The Bertz CT molecular complexity index is 1460. The zero-order valence-corrected chi connectivity index (χ0v) is 20.9. The summed E-state index contributed by atoms with van der Waals surface area (Å²) in [6.45, 7) is 0.0706. The van der Waals surface area contributed by atoms with Gasteiger partial charge >= 0.3 is 11.9 Å². The van der Waals surface area contributed by atoms with Crippen molar-refractivity contribution in [1.29, 1.82) is 0 Å². The average molecular weight is 565 g/mol. The van der Waals surface area contributed by atoms with E-state index in [1.54, 1.807) is 24.3 Å². The number of thioether (sulfide) groups is 1. The Morgan fingerprint density at radius 3 is 2.34 bits per heavy atom. The smallest absolute Gasteiger partial charge is 0.416 e. The number of imide groups is 1. The van der Waals surface area contributed by atoms with Crippen LogP contribution in [0.4, 0.5) is 23.7 Å². The van der Waals surface area contributed by atoms with Crippen LogP contribution in [0.15, 0.2) is 65.6 Å². The summed E-state index contributed by atoms with van der Waals surface area (Å²) in [5, 5.41) is 11.4. The number of carbonyl (C=O) groups excluding carboxylic acids is 2. The van der Waals surface area contributed by atoms with Crippen molar-refractivity contribution in [2.75, 3.05) is 7.11 Å². The van der Waals surface area contributed by atoms with Gasteiger partial charge in [-0.1, -0.05) is 29.8 Å². The Labute approximate surface area is 222 Å². The van der Waals surface area contributed by atoms with Gasteiger partial charge in [0.15, 0.2) is 11.5 Å². The van der Waals surface area contributed by atoms with Crippen LogP contribution in [0.25, 0.3) is 6.08 Å². The van der Waals surface area contributed by atoms with Gasteiger partial charge in [-0.05, 0) is 65.4 Å². The van der Waals surface area contributed by atoms with Crippen LogP contribution in [-0.2, 0) is 17.5 Å². The molecule has 3 aromatic rings. The summed E-state index contributed by atoms with van der Waals surface area (Å²) < 4.78 is 49.7. The number of nitrogens with zero attached hydrogens (tertiary/aromatic N) is 2. The summed E-state index contributed by atoms with van der Waals surface area (Å²) in [5.74, 6) is -0.830. The summed E-state index contributed by atoms with van der Waals surface area (Å²) in [7, 11) is 1.30. The van der Waals surface area contributed by atoms with Gasteiger partial charge in [-0.15, -0.1) is 0 Å². The number of rotatable bonds is 7. The van der Waals surface area contributed by atoms with Crippen molar-refractivity contribution in [2.45, 2.75) is 12.7 Å². The molecule has 0 bridgehead atoms. The molecule has 0 atom stereocenters. The fraction of sp³-hybridized carbons (Fsp3) is 0.120. The summed E-state index contributed by atoms with van der Waals surface area (Å²) in [5.41, 5.74) is -0.893. The molecular formula is C25H16ClF3N2O6S. The van der Waals surface area contributed by atoms with Crippen molar-refractivity contribution in [3.8, 4) is 17.2 Å². The molecule has 1 aliphatic rings. The van der Waals surface area contributed by atoms with E-state index in [-0.39, 0.29) is 22.9 Å². The molecule has 38 heavy (non-hydrogen) atoms. The van der Waals surface area contributed by atoms with Crippen LogP contribution in [0.3, 0.4) is 0 Å². The normalized spacial score (nSPS) is 14.8. The second kappa shape index (κ2) is 10.8. The maximum Gasteiger partial charge on any atom is 0.416 e. The third kappa shape index (κ3) is 5.92. The number of ether oxygens (including phenoxy) is 2. The third-order valence-electron chi connectivity index (χ3n) is 5.32. The highest BCUT2D eigenvalue weighted by atomic mass is 35.5. The van der Waals surface area contributed by atoms with Gasteiger partial charge in [0.1, 0.15) is 0 Å². The molecule has 1 saturated heterocycles. The minimum atomic E-state index is -4.77. The average Bonchev–Trinajstić information content (AvgIpc) is 3.12. The lowest BCUT2D eigenvalue weighted by atomic mass is 10.1. The summed E-state index contributed by atoms with van der Waals surface area (Å²) in [6, 6.07) is 13.0. The van der Waals surface area contributed by atoms with E-state index >= 15 is 0 Å². The molecule has 1 aliphatic heterocycles. The van der Waals surface area contributed by atoms with Crippen molar-refractivity contribution in [3.05, 3.63) is 97.4 Å². The van der Waals surface area contributed by atoms with Gasteiger partial charge in [0, 0.05) is 11.1 Å². The van der Waals surface area contributed by atoms with Crippen molar-refractivity contribution >= 4 is 46.3 Å². The number of carbonyl (C=O) groups is 2. The lowest BCUT2D eigenvalue weighted by Crippen LogP contribution is -2.27. The number of nitro groups is 1. The molecule has 0 aromatic heterocycles. The highest BCUT2D eigenvalue weighted by Crippen LogP contribution is 2.41. The van der Waals surface area contributed by atoms with Crippen LogP contribution in [0.5, 0.6) is 17.2 Å². The SMILES string of the molecule is COc1cc(/C=C2\SC(=O)N(Cc3ccc(Cl)cc3)C2=O)ccc1Oc1ccc(C(F)(F)F)cc1[N+](=O)[O-]. The zero-order chi connectivity index (χ0) is 27.6. The Kier molecular flexibility index (Phi) is 7.65. The van der Waals surface area contributed by atoms with Crippen molar-refractivity contribution in [1.82, 2.24) is 4.90 Å². The van der Waals surface area contributed by atoms with Crippen LogP contribution >= 0.6 is 23.4 Å². The fourth-order valence-corrected chi connectivity index (χ4v) is 4.42. The number of halogens is 4. The molecule has 13 heteroatoms. The van der Waals surface area contributed by atoms with E-state index in [1.165, 1.54) is 31.4 Å². The van der Waals surface area contributed by atoms with Crippen molar-refractivity contribution in [3.63, 3.8) is 0 Å². The first kappa shape index (κ1) is 27.0.